The molecule has 0 radical (unpaired) electrons. The highest BCUT2D eigenvalue weighted by molar-refractivity contribution is 7.92. The van der Waals surface area contributed by atoms with Gasteiger partial charge in [0.15, 0.2) is 0 Å². The molecular weight excluding hydrogens is 467 g/mol. The number of amides is 1. The van der Waals surface area contributed by atoms with Gasteiger partial charge >= 0.3 is 0 Å². The van der Waals surface area contributed by atoms with E-state index in [1.165, 1.54) is 36.4 Å². The van der Waals surface area contributed by atoms with Gasteiger partial charge in [-0.25, -0.2) is 12.8 Å². The Bertz CT molecular complexity index is 1260. The lowest BCUT2D eigenvalue weighted by molar-refractivity contribution is -0.120. The lowest BCUT2D eigenvalue weighted by atomic mass is 9.97. The van der Waals surface area contributed by atoms with Gasteiger partial charge in [0.1, 0.15) is 18.1 Å². The van der Waals surface area contributed by atoms with Gasteiger partial charge in [0.2, 0.25) is 5.91 Å². The molecule has 0 spiro atoms. The normalized spacial score (nSPS) is 12.1. The average molecular weight is 499 g/mol. The largest absolute Gasteiger partial charge is 0.494 e. The molecule has 1 unspecified atom stereocenters. The smallest absolute Gasteiger partial charge is 0.264 e. The van der Waals surface area contributed by atoms with Crippen LogP contribution in [-0.4, -0.2) is 27.5 Å². The minimum atomic E-state index is -4.12. The third-order valence-corrected chi connectivity index (χ3v) is 7.46. The summed E-state index contributed by atoms with van der Waals surface area (Å²) in [7, 11) is -4.12. The van der Waals surface area contributed by atoms with Crippen molar-refractivity contribution in [3.8, 4) is 5.75 Å². The third-order valence-electron chi connectivity index (χ3n) is 5.67. The molecule has 8 heteroatoms. The Morgan fingerprint density at radius 1 is 1.00 bits per heavy atom. The summed E-state index contributed by atoms with van der Waals surface area (Å²) < 4.78 is 47.1. The number of nitrogens with zero attached hydrogens (tertiary/aromatic N) is 1. The van der Waals surface area contributed by atoms with Gasteiger partial charge in [-0.3, -0.25) is 9.10 Å². The van der Waals surface area contributed by atoms with Crippen molar-refractivity contribution in [3.05, 3.63) is 89.2 Å². The number of rotatable bonds is 10. The first-order valence-corrected chi connectivity index (χ1v) is 13.0. The van der Waals surface area contributed by atoms with Crippen LogP contribution in [0.5, 0.6) is 5.75 Å². The zero-order chi connectivity index (χ0) is 25.6. The van der Waals surface area contributed by atoms with E-state index in [0.717, 1.165) is 21.0 Å². The molecule has 186 valence electrons. The first-order valence-electron chi connectivity index (χ1n) is 11.5. The van der Waals surface area contributed by atoms with Gasteiger partial charge in [-0.05, 0) is 86.8 Å². The van der Waals surface area contributed by atoms with Gasteiger partial charge in [-0.1, -0.05) is 30.7 Å². The summed E-state index contributed by atoms with van der Waals surface area (Å²) in [5.41, 5.74) is 3.34. The fraction of sp³-hybridized carbons (Fsp3) is 0.296. The van der Waals surface area contributed by atoms with Crippen LogP contribution in [0.3, 0.4) is 0 Å². The Kier molecular flexibility index (Phi) is 8.51. The van der Waals surface area contributed by atoms with Crippen LogP contribution in [-0.2, 0) is 14.8 Å². The topological polar surface area (TPSA) is 75.7 Å². The number of nitrogens with one attached hydrogen (secondary N) is 1. The molecule has 0 aromatic heterocycles. The minimum Gasteiger partial charge on any atom is -0.494 e. The fourth-order valence-corrected chi connectivity index (χ4v) is 5.33. The number of carbonyl (C=O) groups is 1. The highest BCUT2D eigenvalue weighted by Gasteiger charge is 2.28. The van der Waals surface area contributed by atoms with Crippen molar-refractivity contribution in [1.29, 1.82) is 0 Å². The minimum absolute atomic E-state index is 0.000464. The number of aryl methyl sites for hydroxylation is 2. The molecule has 0 aliphatic carbocycles. The SMILES string of the molecule is CCOc1ccc(S(=O)(=O)N(CC(=O)NC(CC)c2ccc(C)cc2C)c2ccc(F)cc2)cc1. The second-order valence-electron chi connectivity index (χ2n) is 8.28. The van der Waals surface area contributed by atoms with Crippen LogP contribution in [0, 0.1) is 19.7 Å². The lowest BCUT2D eigenvalue weighted by Gasteiger charge is -2.26. The van der Waals surface area contributed by atoms with E-state index in [1.807, 2.05) is 45.9 Å². The monoisotopic (exact) mass is 498 g/mol. The molecule has 1 atom stereocenters. The molecule has 6 nitrogen and oxygen atoms in total. The number of anilines is 1. The summed E-state index contributed by atoms with van der Waals surface area (Å²) in [6, 6.07) is 16.7. The quantitative estimate of drug-likeness (QED) is 0.411. The number of hydrogen-bond donors (Lipinski definition) is 1. The molecule has 0 saturated carbocycles. The Morgan fingerprint density at radius 3 is 2.23 bits per heavy atom. The van der Waals surface area contributed by atoms with Crippen LogP contribution in [0.2, 0.25) is 0 Å². The van der Waals surface area contributed by atoms with Crippen molar-refractivity contribution in [3.63, 3.8) is 0 Å². The molecule has 1 N–H and O–H groups in total. The van der Waals surface area contributed by atoms with E-state index >= 15 is 0 Å². The number of halogens is 1. The zero-order valence-electron chi connectivity index (χ0n) is 20.4. The second kappa shape index (κ2) is 11.4. The predicted molar refractivity (Wildman–Crippen MR) is 136 cm³/mol. The first-order chi connectivity index (χ1) is 16.6. The number of hydrogen-bond acceptors (Lipinski definition) is 4. The lowest BCUT2D eigenvalue weighted by Crippen LogP contribution is -2.42. The van der Waals surface area contributed by atoms with E-state index < -0.39 is 28.3 Å². The zero-order valence-corrected chi connectivity index (χ0v) is 21.2. The molecule has 0 fully saturated rings. The van der Waals surface area contributed by atoms with Crippen LogP contribution in [0.1, 0.15) is 43.0 Å². The predicted octanol–water partition coefficient (Wildman–Crippen LogP) is 5.30. The summed E-state index contributed by atoms with van der Waals surface area (Å²) in [5.74, 6) is -0.426. The second-order valence-corrected chi connectivity index (χ2v) is 10.1. The Labute approximate surface area is 206 Å². The average Bonchev–Trinajstić information content (AvgIpc) is 2.82. The van der Waals surface area contributed by atoms with Crippen LogP contribution in [0.25, 0.3) is 0 Å². The maximum atomic E-state index is 13.6. The molecule has 0 heterocycles. The van der Waals surface area contributed by atoms with Crippen LogP contribution >= 0.6 is 0 Å². The number of sulfonamides is 1. The molecular formula is C27H31FN2O4S. The molecule has 0 aliphatic rings. The Balaban J connectivity index is 1.91. The molecule has 1 amide bonds. The van der Waals surface area contributed by atoms with Crippen molar-refractivity contribution < 1.29 is 22.3 Å². The summed E-state index contributed by atoms with van der Waals surface area (Å²) in [6.07, 6.45) is 0.637. The Morgan fingerprint density at radius 2 is 1.66 bits per heavy atom. The summed E-state index contributed by atoms with van der Waals surface area (Å²) in [5, 5.41) is 2.97. The van der Waals surface area contributed by atoms with E-state index in [2.05, 4.69) is 5.32 Å². The van der Waals surface area contributed by atoms with Gasteiger partial charge in [0.25, 0.3) is 10.0 Å². The molecule has 35 heavy (non-hydrogen) atoms. The van der Waals surface area contributed by atoms with E-state index in [0.29, 0.717) is 18.8 Å². The summed E-state index contributed by atoms with van der Waals surface area (Å²) in [4.78, 5) is 13.1. The maximum Gasteiger partial charge on any atom is 0.264 e. The van der Waals surface area contributed by atoms with Crippen LogP contribution < -0.4 is 14.4 Å². The van der Waals surface area contributed by atoms with Crippen molar-refractivity contribution in [2.24, 2.45) is 0 Å². The Hall–Kier alpha value is -3.39. The molecule has 0 saturated heterocycles. The molecule has 0 aliphatic heterocycles. The fourth-order valence-electron chi connectivity index (χ4n) is 3.91. The van der Waals surface area contributed by atoms with E-state index in [4.69, 9.17) is 4.74 Å². The molecule has 3 aromatic carbocycles. The number of carbonyl (C=O) groups excluding carboxylic acids is 1. The number of benzene rings is 3. The standard InChI is InChI=1S/C27H31FN2O4S/c1-5-26(25-16-7-19(3)17-20(25)4)29-27(31)18-30(22-10-8-21(28)9-11-22)35(32,33)24-14-12-23(13-15-24)34-6-2/h7-17,26H,5-6,18H2,1-4H3,(H,29,31). The number of ether oxygens (including phenoxy) is 1. The summed E-state index contributed by atoms with van der Waals surface area (Å²) in [6.45, 7) is 7.77. The van der Waals surface area contributed by atoms with Crippen molar-refractivity contribution in [2.45, 2.75) is 45.1 Å². The highest BCUT2D eigenvalue weighted by atomic mass is 32.2. The maximum absolute atomic E-state index is 13.6. The van der Waals surface area contributed by atoms with E-state index in [-0.39, 0.29) is 16.6 Å². The van der Waals surface area contributed by atoms with E-state index in [9.17, 15) is 17.6 Å². The molecule has 3 aromatic rings. The molecule has 3 rings (SSSR count). The molecule has 0 bridgehead atoms. The van der Waals surface area contributed by atoms with Gasteiger partial charge in [-0.2, -0.15) is 0 Å². The third kappa shape index (κ3) is 6.39. The first kappa shape index (κ1) is 26.2. The van der Waals surface area contributed by atoms with Gasteiger partial charge in [-0.15, -0.1) is 0 Å². The van der Waals surface area contributed by atoms with Gasteiger partial charge in [0.05, 0.1) is 23.2 Å². The summed E-state index contributed by atoms with van der Waals surface area (Å²) >= 11 is 0. The van der Waals surface area contributed by atoms with Crippen LogP contribution in [0.15, 0.2) is 71.6 Å². The van der Waals surface area contributed by atoms with Crippen molar-refractivity contribution >= 4 is 21.6 Å². The highest BCUT2D eigenvalue weighted by Crippen LogP contribution is 2.26. The van der Waals surface area contributed by atoms with Crippen molar-refractivity contribution in [2.75, 3.05) is 17.5 Å². The van der Waals surface area contributed by atoms with Crippen LogP contribution in [0.4, 0.5) is 10.1 Å². The van der Waals surface area contributed by atoms with Gasteiger partial charge in [0, 0.05) is 0 Å². The van der Waals surface area contributed by atoms with Crippen molar-refractivity contribution in [1.82, 2.24) is 5.32 Å². The van der Waals surface area contributed by atoms with Gasteiger partial charge < -0.3 is 10.1 Å². The van der Waals surface area contributed by atoms with E-state index in [1.54, 1.807) is 12.1 Å².